The number of nitrogens with two attached hydrogens (primary N) is 1. The maximum Gasteiger partial charge on any atom is 0.247 e. The SMILES string of the molecule is CN(CC1CCCCO1)S(=O)(=O)c1cc(CN)oc1Br. The van der Waals surface area contributed by atoms with Gasteiger partial charge in [-0.1, -0.05) is 0 Å². The van der Waals surface area contributed by atoms with Crippen LogP contribution in [0.4, 0.5) is 0 Å². The highest BCUT2D eigenvalue weighted by atomic mass is 79.9. The summed E-state index contributed by atoms with van der Waals surface area (Å²) < 4.78 is 37.3. The Bertz CT molecular complexity index is 552. The maximum absolute atomic E-state index is 12.5. The first-order valence-corrected chi connectivity index (χ1v) is 8.74. The third-order valence-electron chi connectivity index (χ3n) is 3.33. The molecule has 6 nitrogen and oxygen atoms in total. The van der Waals surface area contributed by atoms with E-state index in [2.05, 4.69) is 15.9 Å². The minimum atomic E-state index is -3.60. The Morgan fingerprint density at radius 1 is 1.50 bits per heavy atom. The first-order chi connectivity index (χ1) is 9.45. The van der Waals surface area contributed by atoms with Gasteiger partial charge in [0.2, 0.25) is 10.0 Å². The van der Waals surface area contributed by atoms with E-state index in [1.54, 1.807) is 7.05 Å². The Morgan fingerprint density at radius 3 is 2.80 bits per heavy atom. The van der Waals surface area contributed by atoms with Crippen LogP contribution >= 0.6 is 15.9 Å². The van der Waals surface area contributed by atoms with Crippen LogP contribution in [-0.2, 0) is 21.3 Å². The molecular formula is C12H19BrN2O4S. The second-order valence-corrected chi connectivity index (χ2v) is 7.56. The van der Waals surface area contributed by atoms with E-state index in [0.29, 0.717) is 18.9 Å². The lowest BCUT2D eigenvalue weighted by molar-refractivity contribution is 0.00858. The number of ether oxygens (including phenoxy) is 1. The van der Waals surface area contributed by atoms with Gasteiger partial charge in [0, 0.05) is 26.3 Å². The molecule has 1 unspecified atom stereocenters. The molecule has 20 heavy (non-hydrogen) atoms. The van der Waals surface area contributed by atoms with Crippen molar-refractivity contribution in [3.63, 3.8) is 0 Å². The normalized spacial score (nSPS) is 20.5. The number of hydrogen-bond donors (Lipinski definition) is 1. The van der Waals surface area contributed by atoms with Crippen molar-refractivity contribution in [2.75, 3.05) is 20.2 Å². The van der Waals surface area contributed by atoms with E-state index in [4.69, 9.17) is 14.9 Å². The van der Waals surface area contributed by atoms with Gasteiger partial charge in [0.05, 0.1) is 12.6 Å². The third-order valence-corrected chi connectivity index (χ3v) is 6.01. The van der Waals surface area contributed by atoms with Crippen LogP contribution < -0.4 is 5.73 Å². The summed E-state index contributed by atoms with van der Waals surface area (Å²) in [4.78, 5) is 0.108. The predicted octanol–water partition coefficient (Wildman–Crippen LogP) is 1.69. The van der Waals surface area contributed by atoms with Gasteiger partial charge in [0.25, 0.3) is 0 Å². The van der Waals surface area contributed by atoms with Gasteiger partial charge in [0.15, 0.2) is 4.67 Å². The number of furan rings is 1. The van der Waals surface area contributed by atoms with Crippen LogP contribution in [-0.4, -0.2) is 39.0 Å². The summed E-state index contributed by atoms with van der Waals surface area (Å²) in [7, 11) is -2.05. The van der Waals surface area contributed by atoms with E-state index >= 15 is 0 Å². The van der Waals surface area contributed by atoms with Crippen molar-refractivity contribution in [1.82, 2.24) is 4.31 Å². The Balaban J connectivity index is 2.13. The number of sulfonamides is 1. The average molecular weight is 367 g/mol. The molecular weight excluding hydrogens is 348 g/mol. The highest BCUT2D eigenvalue weighted by Gasteiger charge is 2.29. The lowest BCUT2D eigenvalue weighted by Crippen LogP contribution is -2.37. The molecule has 0 aliphatic carbocycles. The van der Waals surface area contributed by atoms with E-state index < -0.39 is 10.0 Å². The lowest BCUT2D eigenvalue weighted by atomic mass is 10.1. The zero-order chi connectivity index (χ0) is 14.8. The number of rotatable bonds is 5. The first kappa shape index (κ1) is 16.0. The van der Waals surface area contributed by atoms with Gasteiger partial charge >= 0.3 is 0 Å². The molecule has 8 heteroatoms. The molecule has 1 atom stereocenters. The molecule has 1 aromatic heterocycles. The van der Waals surface area contributed by atoms with Crippen LogP contribution in [0, 0.1) is 0 Å². The minimum Gasteiger partial charge on any atom is -0.452 e. The van der Waals surface area contributed by atoms with E-state index in [0.717, 1.165) is 19.3 Å². The monoisotopic (exact) mass is 366 g/mol. The molecule has 0 saturated carbocycles. The summed E-state index contributed by atoms with van der Waals surface area (Å²) in [5.41, 5.74) is 5.46. The van der Waals surface area contributed by atoms with Gasteiger partial charge in [-0.2, -0.15) is 4.31 Å². The second-order valence-electron chi connectivity index (χ2n) is 4.83. The molecule has 0 aromatic carbocycles. The summed E-state index contributed by atoms with van der Waals surface area (Å²) >= 11 is 3.13. The summed E-state index contributed by atoms with van der Waals surface area (Å²) in [6, 6.07) is 1.46. The van der Waals surface area contributed by atoms with Gasteiger partial charge in [-0.25, -0.2) is 8.42 Å². The zero-order valence-electron chi connectivity index (χ0n) is 11.3. The zero-order valence-corrected chi connectivity index (χ0v) is 13.7. The molecule has 1 aliphatic rings. The van der Waals surface area contributed by atoms with Crippen LogP contribution in [0.25, 0.3) is 0 Å². The third kappa shape index (κ3) is 3.43. The highest BCUT2D eigenvalue weighted by Crippen LogP contribution is 2.28. The molecule has 2 heterocycles. The number of halogens is 1. The molecule has 1 saturated heterocycles. The Kier molecular flexibility index (Phi) is 5.25. The van der Waals surface area contributed by atoms with Gasteiger partial charge in [-0.05, 0) is 35.2 Å². The molecule has 0 radical (unpaired) electrons. The number of nitrogens with zero attached hydrogens (tertiary/aromatic N) is 1. The van der Waals surface area contributed by atoms with Crippen LogP contribution in [0.5, 0.6) is 0 Å². The van der Waals surface area contributed by atoms with E-state index in [-0.39, 0.29) is 22.2 Å². The first-order valence-electron chi connectivity index (χ1n) is 6.51. The van der Waals surface area contributed by atoms with Crippen molar-refractivity contribution in [2.45, 2.75) is 36.8 Å². The molecule has 1 aromatic rings. The summed E-state index contributed by atoms with van der Waals surface area (Å²) in [5, 5.41) is 0. The van der Waals surface area contributed by atoms with Crippen LogP contribution in [0.2, 0.25) is 0 Å². The average Bonchev–Trinajstić information content (AvgIpc) is 2.82. The van der Waals surface area contributed by atoms with Gasteiger partial charge in [0.1, 0.15) is 10.7 Å². The molecule has 2 rings (SSSR count). The molecule has 0 amide bonds. The van der Waals surface area contributed by atoms with Crippen molar-refractivity contribution in [3.8, 4) is 0 Å². The van der Waals surface area contributed by atoms with Gasteiger partial charge in [-0.3, -0.25) is 0 Å². The largest absolute Gasteiger partial charge is 0.452 e. The fourth-order valence-electron chi connectivity index (χ4n) is 2.18. The highest BCUT2D eigenvalue weighted by molar-refractivity contribution is 9.10. The van der Waals surface area contributed by atoms with Crippen molar-refractivity contribution in [3.05, 3.63) is 16.5 Å². The molecule has 1 fully saturated rings. The van der Waals surface area contributed by atoms with Gasteiger partial charge < -0.3 is 14.9 Å². The van der Waals surface area contributed by atoms with E-state index in [1.165, 1.54) is 10.4 Å². The van der Waals surface area contributed by atoms with Crippen molar-refractivity contribution in [1.29, 1.82) is 0 Å². The second kappa shape index (κ2) is 6.57. The summed E-state index contributed by atoms with van der Waals surface area (Å²) in [6.07, 6.45) is 2.97. The van der Waals surface area contributed by atoms with Crippen molar-refractivity contribution >= 4 is 26.0 Å². The Labute approximate surface area is 127 Å². The maximum atomic E-state index is 12.5. The van der Waals surface area contributed by atoms with E-state index in [1.807, 2.05) is 0 Å². The fraction of sp³-hybridized carbons (Fsp3) is 0.667. The van der Waals surface area contributed by atoms with Crippen molar-refractivity contribution < 1.29 is 17.6 Å². The molecule has 0 spiro atoms. The van der Waals surface area contributed by atoms with Crippen molar-refractivity contribution in [2.24, 2.45) is 5.73 Å². The topological polar surface area (TPSA) is 85.8 Å². The standard InChI is InChI=1S/C12H19BrN2O4S/c1-15(8-9-4-2-3-5-18-9)20(16,17)11-6-10(7-14)19-12(11)13/h6,9H,2-5,7-8,14H2,1H3. The smallest absolute Gasteiger partial charge is 0.247 e. The van der Waals surface area contributed by atoms with Crippen LogP contribution in [0.15, 0.2) is 20.0 Å². The molecule has 0 bridgehead atoms. The lowest BCUT2D eigenvalue weighted by Gasteiger charge is -2.26. The quantitative estimate of drug-likeness (QED) is 0.856. The fourth-order valence-corrected chi connectivity index (χ4v) is 4.34. The molecule has 114 valence electrons. The predicted molar refractivity (Wildman–Crippen MR) is 77.7 cm³/mol. The molecule has 1 aliphatic heterocycles. The Hall–Kier alpha value is -0.410. The number of likely N-dealkylation sites (N-methyl/N-ethyl adjacent to an activating group) is 1. The van der Waals surface area contributed by atoms with Crippen LogP contribution in [0.1, 0.15) is 25.0 Å². The number of hydrogen-bond acceptors (Lipinski definition) is 5. The van der Waals surface area contributed by atoms with Crippen LogP contribution in [0.3, 0.4) is 0 Å². The summed E-state index contributed by atoms with van der Waals surface area (Å²) in [6.45, 7) is 1.20. The Morgan fingerprint density at radius 2 is 2.25 bits per heavy atom. The summed E-state index contributed by atoms with van der Waals surface area (Å²) in [5.74, 6) is 0.428. The van der Waals surface area contributed by atoms with Gasteiger partial charge in [-0.15, -0.1) is 0 Å². The molecule has 2 N–H and O–H groups in total. The minimum absolute atomic E-state index is 0.0387. The van der Waals surface area contributed by atoms with E-state index in [9.17, 15) is 8.42 Å².